The van der Waals surface area contributed by atoms with Crippen LogP contribution >= 0.6 is 11.8 Å². The van der Waals surface area contributed by atoms with Gasteiger partial charge in [0.15, 0.2) is 0 Å². The van der Waals surface area contributed by atoms with Gasteiger partial charge in [0.05, 0.1) is 6.10 Å². The van der Waals surface area contributed by atoms with Crippen molar-refractivity contribution in [1.82, 2.24) is 0 Å². The third-order valence-electron chi connectivity index (χ3n) is 4.34. The van der Waals surface area contributed by atoms with Crippen molar-refractivity contribution in [3.8, 4) is 0 Å². The number of aliphatic hydroxyl groups is 1. The van der Waals surface area contributed by atoms with Gasteiger partial charge in [-0.3, -0.25) is 0 Å². The van der Waals surface area contributed by atoms with E-state index < -0.39 is 0 Å². The van der Waals surface area contributed by atoms with Crippen LogP contribution in [0.15, 0.2) is 23.1 Å². The quantitative estimate of drug-likeness (QED) is 0.801. The third kappa shape index (κ3) is 4.26. The zero-order valence-electron chi connectivity index (χ0n) is 14.4. The van der Waals surface area contributed by atoms with E-state index in [0.717, 1.165) is 19.3 Å². The lowest BCUT2D eigenvalue weighted by Gasteiger charge is -2.27. The van der Waals surface area contributed by atoms with Crippen LogP contribution in [0.4, 0.5) is 0 Å². The van der Waals surface area contributed by atoms with E-state index in [1.54, 1.807) is 0 Å². The van der Waals surface area contributed by atoms with E-state index >= 15 is 0 Å². The van der Waals surface area contributed by atoms with Crippen molar-refractivity contribution < 1.29 is 5.11 Å². The maximum absolute atomic E-state index is 10.1. The molecule has 1 saturated carbocycles. The molecule has 0 aliphatic heterocycles. The fourth-order valence-corrected chi connectivity index (χ4v) is 4.07. The normalized spacial score (nSPS) is 23.6. The van der Waals surface area contributed by atoms with E-state index in [-0.39, 0.29) is 16.9 Å². The van der Waals surface area contributed by atoms with Gasteiger partial charge in [0.2, 0.25) is 0 Å². The lowest BCUT2D eigenvalue weighted by atomic mass is 9.81. The van der Waals surface area contributed by atoms with Gasteiger partial charge in [-0.05, 0) is 53.4 Å². The highest BCUT2D eigenvalue weighted by atomic mass is 32.2. The Balaban J connectivity index is 2.36. The van der Waals surface area contributed by atoms with Crippen LogP contribution in [0.2, 0.25) is 0 Å². The first-order valence-electron chi connectivity index (χ1n) is 8.08. The van der Waals surface area contributed by atoms with Crippen molar-refractivity contribution in [3.05, 3.63) is 29.3 Å². The van der Waals surface area contributed by atoms with Gasteiger partial charge in [-0.1, -0.05) is 47.6 Å². The molecule has 2 rings (SSSR count). The van der Waals surface area contributed by atoms with E-state index in [1.165, 1.54) is 16.0 Å². The predicted octanol–water partition coefficient (Wildman–Crippen LogP) is 5.29. The summed E-state index contributed by atoms with van der Waals surface area (Å²) in [6.45, 7) is 13.6. The van der Waals surface area contributed by atoms with Gasteiger partial charge in [0, 0.05) is 10.1 Å². The Morgan fingerprint density at radius 3 is 1.81 bits per heavy atom. The van der Waals surface area contributed by atoms with Gasteiger partial charge in [0.25, 0.3) is 0 Å². The molecule has 1 aromatic rings. The second-order valence-corrected chi connectivity index (χ2v) is 9.71. The van der Waals surface area contributed by atoms with E-state index in [9.17, 15) is 5.11 Å². The Labute approximate surface area is 134 Å². The standard InChI is InChI=1S/C19H30OS/c1-18(2,3)13-10-14(19(4,5)6)12-15(11-13)21-17-9-7-8-16(17)20/h10-12,16-17,20H,7-9H2,1-6H3/t16-,17+/m0/s1. The van der Waals surface area contributed by atoms with Crippen molar-refractivity contribution in [1.29, 1.82) is 0 Å². The molecule has 0 saturated heterocycles. The average molecular weight is 307 g/mol. The number of hydrogen-bond acceptors (Lipinski definition) is 2. The molecule has 0 unspecified atom stereocenters. The Kier molecular flexibility index (Phi) is 4.80. The zero-order chi connectivity index (χ0) is 15.8. The first-order chi connectivity index (χ1) is 9.57. The molecule has 0 amide bonds. The minimum absolute atomic E-state index is 0.133. The molecule has 0 aromatic heterocycles. The van der Waals surface area contributed by atoms with Gasteiger partial charge < -0.3 is 5.11 Å². The molecule has 0 bridgehead atoms. The highest BCUT2D eigenvalue weighted by Crippen LogP contribution is 2.39. The summed E-state index contributed by atoms with van der Waals surface area (Å²) in [5, 5.41) is 10.5. The summed E-state index contributed by atoms with van der Waals surface area (Å²) >= 11 is 1.87. The summed E-state index contributed by atoms with van der Waals surface area (Å²) in [6.07, 6.45) is 3.12. The molecule has 1 fully saturated rings. The highest BCUT2D eigenvalue weighted by Gasteiger charge is 2.27. The van der Waals surface area contributed by atoms with Crippen molar-refractivity contribution in [3.63, 3.8) is 0 Å². The summed E-state index contributed by atoms with van der Waals surface area (Å²) in [6, 6.07) is 7.00. The van der Waals surface area contributed by atoms with Crippen LogP contribution in [0, 0.1) is 0 Å². The Morgan fingerprint density at radius 2 is 1.43 bits per heavy atom. The van der Waals surface area contributed by atoms with Crippen LogP contribution in [0.1, 0.15) is 71.9 Å². The molecule has 0 radical (unpaired) electrons. The van der Waals surface area contributed by atoms with Crippen molar-refractivity contribution in [2.45, 2.75) is 87.9 Å². The van der Waals surface area contributed by atoms with Gasteiger partial charge in [-0.15, -0.1) is 11.8 Å². The molecule has 0 heterocycles. The van der Waals surface area contributed by atoms with Gasteiger partial charge in [0.1, 0.15) is 0 Å². The van der Waals surface area contributed by atoms with Crippen molar-refractivity contribution in [2.75, 3.05) is 0 Å². The minimum Gasteiger partial charge on any atom is -0.392 e. The number of rotatable bonds is 2. The molecule has 118 valence electrons. The van der Waals surface area contributed by atoms with Gasteiger partial charge >= 0.3 is 0 Å². The van der Waals surface area contributed by atoms with E-state index in [4.69, 9.17) is 0 Å². The summed E-state index contributed by atoms with van der Waals surface area (Å²) in [5.74, 6) is 0. The van der Waals surface area contributed by atoms with Crippen LogP contribution in [0.3, 0.4) is 0 Å². The van der Waals surface area contributed by atoms with Crippen LogP contribution in [-0.4, -0.2) is 16.5 Å². The Hall–Kier alpha value is -0.470. The topological polar surface area (TPSA) is 20.2 Å². The molecule has 1 aliphatic rings. The molecule has 2 heteroatoms. The number of benzene rings is 1. The van der Waals surface area contributed by atoms with Crippen molar-refractivity contribution in [2.24, 2.45) is 0 Å². The fraction of sp³-hybridized carbons (Fsp3) is 0.684. The average Bonchev–Trinajstić information content (AvgIpc) is 2.72. The van der Waals surface area contributed by atoms with Crippen molar-refractivity contribution >= 4 is 11.8 Å². The van der Waals surface area contributed by atoms with Crippen LogP contribution in [0.5, 0.6) is 0 Å². The lowest BCUT2D eigenvalue weighted by molar-refractivity contribution is 0.188. The summed E-state index contributed by atoms with van der Waals surface area (Å²) in [5.41, 5.74) is 3.10. The molecule has 21 heavy (non-hydrogen) atoms. The number of aliphatic hydroxyl groups excluding tert-OH is 1. The molecule has 1 nitrogen and oxygen atoms in total. The van der Waals surface area contributed by atoms with E-state index in [0.29, 0.717) is 5.25 Å². The zero-order valence-corrected chi connectivity index (χ0v) is 15.2. The van der Waals surface area contributed by atoms with Gasteiger partial charge in [-0.2, -0.15) is 0 Å². The number of thioether (sulfide) groups is 1. The SMILES string of the molecule is CC(C)(C)c1cc(S[C@@H]2CCC[C@@H]2O)cc(C(C)(C)C)c1. The predicted molar refractivity (Wildman–Crippen MR) is 93.3 cm³/mol. The Morgan fingerprint density at radius 1 is 0.905 bits per heavy atom. The summed E-state index contributed by atoms with van der Waals surface area (Å²) < 4.78 is 0. The molecule has 1 aromatic carbocycles. The minimum atomic E-state index is -0.133. The monoisotopic (exact) mass is 306 g/mol. The molecule has 2 atom stereocenters. The molecule has 1 aliphatic carbocycles. The lowest BCUT2D eigenvalue weighted by Crippen LogP contribution is -2.18. The third-order valence-corrected chi connectivity index (χ3v) is 5.70. The smallest absolute Gasteiger partial charge is 0.0662 e. The number of hydrogen-bond donors (Lipinski definition) is 1. The Bertz CT molecular complexity index is 461. The second kappa shape index (κ2) is 5.96. The summed E-state index contributed by atoms with van der Waals surface area (Å²) in [4.78, 5) is 1.32. The maximum atomic E-state index is 10.1. The molecular formula is C19H30OS. The maximum Gasteiger partial charge on any atom is 0.0662 e. The highest BCUT2D eigenvalue weighted by molar-refractivity contribution is 8.00. The van der Waals surface area contributed by atoms with Gasteiger partial charge in [-0.25, -0.2) is 0 Å². The first kappa shape index (κ1) is 16.9. The van der Waals surface area contributed by atoms with Crippen LogP contribution < -0.4 is 0 Å². The summed E-state index contributed by atoms with van der Waals surface area (Å²) in [7, 11) is 0. The first-order valence-corrected chi connectivity index (χ1v) is 8.96. The largest absolute Gasteiger partial charge is 0.392 e. The molecule has 1 N–H and O–H groups in total. The molecular weight excluding hydrogens is 276 g/mol. The van der Waals surface area contributed by atoms with E-state index in [2.05, 4.69) is 59.7 Å². The molecule has 0 spiro atoms. The van der Waals surface area contributed by atoms with Crippen LogP contribution in [0.25, 0.3) is 0 Å². The van der Waals surface area contributed by atoms with Crippen LogP contribution in [-0.2, 0) is 10.8 Å². The van der Waals surface area contributed by atoms with E-state index in [1.807, 2.05) is 11.8 Å². The fourth-order valence-electron chi connectivity index (χ4n) is 2.75. The second-order valence-electron chi connectivity index (χ2n) is 8.40.